The highest BCUT2D eigenvalue weighted by Crippen LogP contribution is 2.43. The number of unbranched alkanes of at least 4 members (excludes halogenated alkanes) is 2. The molecule has 0 unspecified atom stereocenters. The molecule has 1 aromatic carbocycles. The molecule has 0 bridgehead atoms. The maximum Gasteiger partial charge on any atom is 0.231 e. The number of ether oxygens (including phenoxy) is 3. The lowest BCUT2D eigenvalue weighted by Crippen LogP contribution is -2.10. The van der Waals surface area contributed by atoms with Gasteiger partial charge in [0.15, 0.2) is 11.5 Å². The maximum atomic E-state index is 6.20. The molecule has 1 atom stereocenters. The molecular weight excluding hydrogens is 230 g/mol. The predicted octanol–water partition coefficient (Wildman–Crippen LogP) is 3.00. The van der Waals surface area contributed by atoms with Crippen molar-refractivity contribution < 1.29 is 14.2 Å². The molecular formula is C14H21NO3. The number of methoxy groups -OCH3 is 1. The molecule has 0 radical (unpaired) electrons. The summed E-state index contributed by atoms with van der Waals surface area (Å²) in [6, 6.07) is 3.94. The van der Waals surface area contributed by atoms with Crippen molar-refractivity contribution in [3.8, 4) is 17.2 Å². The molecule has 100 valence electrons. The lowest BCUT2D eigenvalue weighted by molar-refractivity contribution is 0.171. The monoisotopic (exact) mass is 251 g/mol. The minimum Gasteiger partial charge on any atom is -0.493 e. The van der Waals surface area contributed by atoms with Gasteiger partial charge < -0.3 is 19.9 Å². The summed E-state index contributed by atoms with van der Waals surface area (Å²) in [4.78, 5) is 0. The van der Waals surface area contributed by atoms with Crippen molar-refractivity contribution in [1.29, 1.82) is 0 Å². The van der Waals surface area contributed by atoms with Crippen LogP contribution in [0, 0.1) is 0 Å². The first kappa shape index (κ1) is 13.0. The van der Waals surface area contributed by atoms with Crippen molar-refractivity contribution in [1.82, 2.24) is 0 Å². The largest absolute Gasteiger partial charge is 0.493 e. The van der Waals surface area contributed by atoms with Gasteiger partial charge in [0.2, 0.25) is 12.5 Å². The average Bonchev–Trinajstić information content (AvgIpc) is 2.85. The third-order valence-corrected chi connectivity index (χ3v) is 3.23. The Labute approximate surface area is 108 Å². The molecule has 2 N–H and O–H groups in total. The van der Waals surface area contributed by atoms with Gasteiger partial charge in [-0.1, -0.05) is 26.2 Å². The van der Waals surface area contributed by atoms with E-state index in [0.29, 0.717) is 11.5 Å². The van der Waals surface area contributed by atoms with Crippen molar-refractivity contribution in [2.75, 3.05) is 13.9 Å². The van der Waals surface area contributed by atoms with Crippen LogP contribution >= 0.6 is 0 Å². The second-order valence-corrected chi connectivity index (χ2v) is 4.56. The molecule has 1 aliphatic heterocycles. The van der Waals surface area contributed by atoms with Crippen LogP contribution in [0.15, 0.2) is 12.1 Å². The van der Waals surface area contributed by atoms with E-state index in [4.69, 9.17) is 19.9 Å². The average molecular weight is 251 g/mol. The quantitative estimate of drug-likeness (QED) is 0.790. The van der Waals surface area contributed by atoms with Crippen LogP contribution in [0.2, 0.25) is 0 Å². The molecule has 18 heavy (non-hydrogen) atoms. The van der Waals surface area contributed by atoms with Crippen LogP contribution in [0.1, 0.15) is 44.2 Å². The fourth-order valence-electron chi connectivity index (χ4n) is 2.14. The highest BCUT2D eigenvalue weighted by molar-refractivity contribution is 5.55. The second kappa shape index (κ2) is 5.96. The van der Waals surface area contributed by atoms with Crippen LogP contribution < -0.4 is 19.9 Å². The van der Waals surface area contributed by atoms with Crippen molar-refractivity contribution in [3.63, 3.8) is 0 Å². The summed E-state index contributed by atoms with van der Waals surface area (Å²) in [6.07, 6.45) is 4.55. The molecule has 0 saturated carbocycles. The van der Waals surface area contributed by atoms with Gasteiger partial charge >= 0.3 is 0 Å². The van der Waals surface area contributed by atoms with E-state index in [1.807, 2.05) is 12.1 Å². The van der Waals surface area contributed by atoms with E-state index in [-0.39, 0.29) is 12.8 Å². The second-order valence-electron chi connectivity index (χ2n) is 4.56. The zero-order valence-corrected chi connectivity index (χ0v) is 11.1. The molecule has 0 aliphatic carbocycles. The van der Waals surface area contributed by atoms with Gasteiger partial charge in [0.1, 0.15) is 0 Å². The molecule has 2 rings (SSSR count). The maximum absolute atomic E-state index is 6.20. The number of nitrogens with two attached hydrogens (primary N) is 1. The highest BCUT2D eigenvalue weighted by atomic mass is 16.7. The molecule has 4 nitrogen and oxygen atoms in total. The van der Waals surface area contributed by atoms with Crippen LogP contribution in [0.5, 0.6) is 17.2 Å². The molecule has 1 aliphatic rings. The zero-order valence-electron chi connectivity index (χ0n) is 11.1. The number of benzene rings is 1. The van der Waals surface area contributed by atoms with E-state index in [1.165, 1.54) is 12.8 Å². The Morgan fingerprint density at radius 1 is 1.33 bits per heavy atom. The Bertz CT molecular complexity index is 406. The Kier molecular flexibility index (Phi) is 4.31. The Morgan fingerprint density at radius 3 is 2.89 bits per heavy atom. The van der Waals surface area contributed by atoms with Gasteiger partial charge in [-0.3, -0.25) is 0 Å². The van der Waals surface area contributed by atoms with E-state index in [2.05, 4.69) is 6.92 Å². The predicted molar refractivity (Wildman–Crippen MR) is 70.2 cm³/mol. The normalized spacial score (nSPS) is 14.6. The summed E-state index contributed by atoms with van der Waals surface area (Å²) in [5, 5.41) is 0. The van der Waals surface area contributed by atoms with Gasteiger partial charge in [0, 0.05) is 6.04 Å². The van der Waals surface area contributed by atoms with Crippen molar-refractivity contribution in [2.45, 2.75) is 38.6 Å². The van der Waals surface area contributed by atoms with Crippen LogP contribution in [0.3, 0.4) is 0 Å². The zero-order chi connectivity index (χ0) is 13.0. The van der Waals surface area contributed by atoms with Gasteiger partial charge in [0.05, 0.1) is 7.11 Å². The smallest absolute Gasteiger partial charge is 0.231 e. The van der Waals surface area contributed by atoms with Gasteiger partial charge in [0.25, 0.3) is 0 Å². The van der Waals surface area contributed by atoms with Crippen LogP contribution in [-0.2, 0) is 0 Å². The minimum absolute atomic E-state index is 0.0277. The van der Waals surface area contributed by atoms with Gasteiger partial charge in [-0.25, -0.2) is 0 Å². The van der Waals surface area contributed by atoms with Crippen LogP contribution in [0.25, 0.3) is 0 Å². The molecule has 0 saturated heterocycles. The first-order chi connectivity index (χ1) is 8.76. The van der Waals surface area contributed by atoms with E-state index >= 15 is 0 Å². The molecule has 1 aromatic rings. The molecule has 0 amide bonds. The number of hydrogen-bond acceptors (Lipinski definition) is 4. The third kappa shape index (κ3) is 2.70. The van der Waals surface area contributed by atoms with Crippen molar-refractivity contribution in [3.05, 3.63) is 17.7 Å². The summed E-state index contributed by atoms with van der Waals surface area (Å²) >= 11 is 0. The summed E-state index contributed by atoms with van der Waals surface area (Å²) in [5.74, 6) is 2.11. The molecule has 4 heteroatoms. The molecule has 0 spiro atoms. The lowest BCUT2D eigenvalue weighted by Gasteiger charge is -2.14. The van der Waals surface area contributed by atoms with Gasteiger partial charge in [-0.15, -0.1) is 0 Å². The van der Waals surface area contributed by atoms with Gasteiger partial charge in [-0.2, -0.15) is 0 Å². The van der Waals surface area contributed by atoms with Gasteiger partial charge in [-0.05, 0) is 24.1 Å². The Balaban J connectivity index is 2.13. The van der Waals surface area contributed by atoms with E-state index in [9.17, 15) is 0 Å². The standard InChI is InChI=1S/C14H21NO3/c1-3-4-5-6-11(15)10-7-12(16-2)14-13(8-10)17-9-18-14/h7-8,11H,3-6,9,15H2,1-2H3/t11-/m1/s1. The summed E-state index contributed by atoms with van der Waals surface area (Å²) < 4.78 is 16.1. The highest BCUT2D eigenvalue weighted by Gasteiger charge is 2.21. The molecule has 0 aromatic heterocycles. The van der Waals surface area contributed by atoms with Crippen molar-refractivity contribution in [2.24, 2.45) is 5.73 Å². The SMILES string of the molecule is CCCCC[C@@H](N)c1cc(OC)c2c(c1)OCO2. The summed E-state index contributed by atoms with van der Waals surface area (Å²) in [7, 11) is 1.63. The summed E-state index contributed by atoms with van der Waals surface area (Å²) in [6.45, 7) is 2.44. The summed E-state index contributed by atoms with van der Waals surface area (Å²) in [5.41, 5.74) is 7.25. The topological polar surface area (TPSA) is 53.7 Å². The number of rotatable bonds is 6. The minimum atomic E-state index is 0.0277. The van der Waals surface area contributed by atoms with E-state index in [0.717, 1.165) is 24.2 Å². The number of fused-ring (bicyclic) bond motifs is 1. The fourth-order valence-corrected chi connectivity index (χ4v) is 2.14. The first-order valence-electron chi connectivity index (χ1n) is 6.49. The lowest BCUT2D eigenvalue weighted by atomic mass is 10.0. The third-order valence-electron chi connectivity index (χ3n) is 3.23. The van der Waals surface area contributed by atoms with Crippen LogP contribution in [-0.4, -0.2) is 13.9 Å². The van der Waals surface area contributed by atoms with E-state index in [1.54, 1.807) is 7.11 Å². The Hall–Kier alpha value is -1.42. The van der Waals surface area contributed by atoms with E-state index < -0.39 is 0 Å². The number of hydrogen-bond donors (Lipinski definition) is 1. The first-order valence-corrected chi connectivity index (χ1v) is 6.49. The van der Waals surface area contributed by atoms with Crippen LogP contribution in [0.4, 0.5) is 0 Å². The fraction of sp³-hybridized carbons (Fsp3) is 0.571. The molecule has 0 fully saturated rings. The van der Waals surface area contributed by atoms with Crippen molar-refractivity contribution >= 4 is 0 Å². The molecule has 1 heterocycles. The Morgan fingerprint density at radius 2 is 2.17 bits per heavy atom.